The second-order valence-electron chi connectivity index (χ2n) is 5.13. The van der Waals surface area contributed by atoms with Crippen molar-refractivity contribution in [2.75, 3.05) is 11.9 Å². The van der Waals surface area contributed by atoms with Crippen LogP contribution in [0.1, 0.15) is 5.69 Å². The van der Waals surface area contributed by atoms with Crippen LogP contribution in [0, 0.1) is 11.6 Å². The Hall–Kier alpha value is -2.65. The molecule has 0 aliphatic carbocycles. The van der Waals surface area contributed by atoms with Gasteiger partial charge in [0.05, 0.1) is 22.7 Å². The summed E-state index contributed by atoms with van der Waals surface area (Å²) in [7, 11) is 0. The van der Waals surface area contributed by atoms with Crippen molar-refractivity contribution in [3.8, 4) is 9.88 Å². The number of esters is 1. The molecule has 0 fully saturated rings. The predicted molar refractivity (Wildman–Crippen MR) is 95.1 cm³/mol. The largest absolute Gasteiger partial charge is 0.455 e. The molecule has 1 aromatic carbocycles. The molecule has 0 saturated carbocycles. The molecule has 134 valence electrons. The first kappa shape index (κ1) is 18.2. The molecule has 26 heavy (non-hydrogen) atoms. The van der Waals surface area contributed by atoms with Gasteiger partial charge in [0.1, 0.15) is 16.6 Å². The number of carbonyl (C=O) groups excluding carboxylic acids is 2. The number of amides is 1. The van der Waals surface area contributed by atoms with Gasteiger partial charge >= 0.3 is 5.97 Å². The number of anilines is 1. The summed E-state index contributed by atoms with van der Waals surface area (Å²) < 4.78 is 31.3. The SMILES string of the molecule is O=C(COC(=O)Cc1csc(-c2cccs2)n1)Nc1cc(F)ccc1F. The highest BCUT2D eigenvalue weighted by atomic mass is 32.1. The molecule has 0 aliphatic heterocycles. The highest BCUT2D eigenvalue weighted by Crippen LogP contribution is 2.27. The van der Waals surface area contributed by atoms with Crippen LogP contribution in [0.15, 0.2) is 41.1 Å². The molecule has 0 bridgehead atoms. The van der Waals surface area contributed by atoms with E-state index >= 15 is 0 Å². The Morgan fingerprint density at radius 1 is 1.19 bits per heavy atom. The third kappa shape index (κ3) is 4.70. The summed E-state index contributed by atoms with van der Waals surface area (Å²) in [5.74, 6) is -2.87. The van der Waals surface area contributed by atoms with E-state index < -0.39 is 30.1 Å². The number of aromatic nitrogens is 1. The summed E-state index contributed by atoms with van der Waals surface area (Å²) in [5, 5.41) is 6.64. The third-order valence-electron chi connectivity index (χ3n) is 3.18. The van der Waals surface area contributed by atoms with Gasteiger partial charge < -0.3 is 10.1 Å². The lowest BCUT2D eigenvalue weighted by Gasteiger charge is -2.07. The molecule has 1 N–H and O–H groups in total. The third-order valence-corrected chi connectivity index (χ3v) is 5.11. The van der Waals surface area contributed by atoms with E-state index in [0.717, 1.165) is 28.1 Å². The molecule has 0 saturated heterocycles. The number of nitrogens with zero attached hydrogens (tertiary/aromatic N) is 1. The molecule has 5 nitrogen and oxygen atoms in total. The van der Waals surface area contributed by atoms with E-state index in [-0.39, 0.29) is 12.1 Å². The Morgan fingerprint density at radius 3 is 2.81 bits per heavy atom. The monoisotopic (exact) mass is 394 g/mol. The molecular formula is C17H12F2N2O3S2. The number of hydrogen-bond donors (Lipinski definition) is 1. The Balaban J connectivity index is 1.49. The molecule has 0 unspecified atom stereocenters. The molecular weight excluding hydrogens is 382 g/mol. The van der Waals surface area contributed by atoms with E-state index in [4.69, 9.17) is 4.74 Å². The maximum atomic E-state index is 13.4. The minimum Gasteiger partial charge on any atom is -0.455 e. The zero-order valence-electron chi connectivity index (χ0n) is 13.2. The second-order valence-corrected chi connectivity index (χ2v) is 6.94. The second kappa shape index (κ2) is 8.15. The van der Waals surface area contributed by atoms with Crippen LogP contribution < -0.4 is 5.32 Å². The number of thiazole rings is 1. The molecule has 3 rings (SSSR count). The van der Waals surface area contributed by atoms with Crippen molar-refractivity contribution < 1.29 is 23.1 Å². The number of thiophene rings is 1. The summed E-state index contributed by atoms with van der Waals surface area (Å²) in [4.78, 5) is 28.9. The van der Waals surface area contributed by atoms with E-state index in [1.54, 1.807) is 16.7 Å². The smallest absolute Gasteiger partial charge is 0.312 e. The van der Waals surface area contributed by atoms with Gasteiger partial charge in [0.25, 0.3) is 5.91 Å². The minimum atomic E-state index is -0.783. The van der Waals surface area contributed by atoms with Gasteiger partial charge in [0.2, 0.25) is 0 Å². The quantitative estimate of drug-likeness (QED) is 0.645. The fraction of sp³-hybridized carbons (Fsp3) is 0.118. The number of ether oxygens (including phenoxy) is 1. The van der Waals surface area contributed by atoms with E-state index in [0.29, 0.717) is 5.69 Å². The molecule has 0 atom stereocenters. The number of rotatable bonds is 6. The fourth-order valence-electron chi connectivity index (χ4n) is 2.03. The summed E-state index contributed by atoms with van der Waals surface area (Å²) in [5.41, 5.74) is 0.228. The van der Waals surface area contributed by atoms with Gasteiger partial charge in [-0.3, -0.25) is 9.59 Å². The van der Waals surface area contributed by atoms with Crippen molar-refractivity contribution in [3.05, 3.63) is 58.4 Å². The van der Waals surface area contributed by atoms with Crippen LogP contribution in [-0.2, 0) is 20.7 Å². The molecule has 9 heteroatoms. The van der Waals surface area contributed by atoms with Crippen molar-refractivity contribution in [2.45, 2.75) is 6.42 Å². The summed E-state index contributed by atoms with van der Waals surface area (Å²) >= 11 is 2.96. The van der Waals surface area contributed by atoms with Crippen molar-refractivity contribution in [1.82, 2.24) is 4.98 Å². The number of hydrogen-bond acceptors (Lipinski definition) is 6. The molecule has 0 aliphatic rings. The number of halogens is 2. The van der Waals surface area contributed by atoms with Crippen molar-refractivity contribution >= 4 is 40.2 Å². The van der Waals surface area contributed by atoms with Crippen LogP contribution >= 0.6 is 22.7 Å². The number of nitrogens with one attached hydrogen (secondary N) is 1. The lowest BCUT2D eigenvalue weighted by atomic mass is 10.3. The van der Waals surface area contributed by atoms with Gasteiger partial charge in [-0.1, -0.05) is 6.07 Å². The Labute approximate surface area is 155 Å². The topological polar surface area (TPSA) is 68.3 Å². The van der Waals surface area contributed by atoms with Crippen LogP contribution in [0.3, 0.4) is 0 Å². The Bertz CT molecular complexity index is 926. The van der Waals surface area contributed by atoms with Crippen LogP contribution in [0.25, 0.3) is 9.88 Å². The van der Waals surface area contributed by atoms with Gasteiger partial charge in [-0.05, 0) is 23.6 Å². The predicted octanol–water partition coefficient (Wildman–Crippen LogP) is 3.87. The van der Waals surface area contributed by atoms with E-state index in [1.807, 2.05) is 17.5 Å². The van der Waals surface area contributed by atoms with Gasteiger partial charge in [0.15, 0.2) is 6.61 Å². The fourth-order valence-corrected chi connectivity index (χ4v) is 3.66. The van der Waals surface area contributed by atoms with E-state index in [9.17, 15) is 18.4 Å². The first-order valence-electron chi connectivity index (χ1n) is 7.40. The summed E-state index contributed by atoms with van der Waals surface area (Å²) in [6, 6.07) is 6.51. The molecule has 1 amide bonds. The van der Waals surface area contributed by atoms with Crippen LogP contribution in [0.5, 0.6) is 0 Å². The van der Waals surface area contributed by atoms with Gasteiger partial charge in [-0.15, -0.1) is 22.7 Å². The first-order valence-corrected chi connectivity index (χ1v) is 9.16. The maximum Gasteiger partial charge on any atom is 0.312 e. The highest BCUT2D eigenvalue weighted by molar-refractivity contribution is 7.20. The molecule has 2 aromatic heterocycles. The normalized spacial score (nSPS) is 10.5. The molecule has 3 aromatic rings. The highest BCUT2D eigenvalue weighted by Gasteiger charge is 2.13. The molecule has 0 spiro atoms. The standard InChI is InChI=1S/C17H12F2N2O3S2/c18-10-3-4-12(19)13(6-10)21-15(22)8-24-16(23)7-11-9-26-17(20-11)14-2-1-5-25-14/h1-6,9H,7-8H2,(H,21,22). The molecule has 2 heterocycles. The first-order chi connectivity index (χ1) is 12.5. The van der Waals surface area contributed by atoms with Crippen LogP contribution in [-0.4, -0.2) is 23.5 Å². The van der Waals surface area contributed by atoms with Gasteiger partial charge in [-0.25, -0.2) is 13.8 Å². The van der Waals surface area contributed by atoms with E-state index in [1.165, 1.54) is 11.3 Å². The van der Waals surface area contributed by atoms with Gasteiger partial charge in [-0.2, -0.15) is 0 Å². The average molecular weight is 394 g/mol. The van der Waals surface area contributed by atoms with E-state index in [2.05, 4.69) is 10.3 Å². The zero-order valence-corrected chi connectivity index (χ0v) is 14.8. The van der Waals surface area contributed by atoms with Crippen molar-refractivity contribution in [3.63, 3.8) is 0 Å². The Morgan fingerprint density at radius 2 is 2.04 bits per heavy atom. The maximum absolute atomic E-state index is 13.4. The summed E-state index contributed by atoms with van der Waals surface area (Å²) in [6.07, 6.45) is -0.0799. The zero-order chi connectivity index (χ0) is 18.5. The number of carbonyl (C=O) groups is 2. The number of benzene rings is 1. The summed E-state index contributed by atoms with van der Waals surface area (Å²) in [6.45, 7) is -0.600. The lowest BCUT2D eigenvalue weighted by molar-refractivity contribution is -0.146. The van der Waals surface area contributed by atoms with Crippen molar-refractivity contribution in [1.29, 1.82) is 0 Å². The van der Waals surface area contributed by atoms with Gasteiger partial charge in [0, 0.05) is 11.4 Å². The van der Waals surface area contributed by atoms with Crippen LogP contribution in [0.2, 0.25) is 0 Å². The molecule has 0 radical (unpaired) electrons. The van der Waals surface area contributed by atoms with Crippen LogP contribution in [0.4, 0.5) is 14.5 Å². The lowest BCUT2D eigenvalue weighted by Crippen LogP contribution is -2.22. The Kier molecular flexibility index (Phi) is 5.69. The average Bonchev–Trinajstić information content (AvgIpc) is 3.28. The van der Waals surface area contributed by atoms with Crippen molar-refractivity contribution in [2.24, 2.45) is 0 Å². The minimum absolute atomic E-state index is 0.0799.